The van der Waals surface area contributed by atoms with Gasteiger partial charge in [0.05, 0.1) is 6.04 Å². The molecular weight excluding hydrogens is 406 g/mol. The van der Waals surface area contributed by atoms with Gasteiger partial charge in [0, 0.05) is 23.1 Å². The number of carbonyl (C=O) groups is 1. The van der Waals surface area contributed by atoms with E-state index in [1.165, 1.54) is 48.1 Å². The molecule has 1 aliphatic heterocycles. The molecule has 162 valence electrons. The summed E-state index contributed by atoms with van der Waals surface area (Å²) in [5.41, 5.74) is 4.17. The monoisotopic (exact) mass is 435 g/mol. The highest BCUT2D eigenvalue weighted by molar-refractivity contribution is 7.10. The third-order valence-electron chi connectivity index (χ3n) is 6.53. The van der Waals surface area contributed by atoms with E-state index in [1.54, 1.807) is 17.4 Å². The number of fused-ring (bicyclic) bond motifs is 1. The van der Waals surface area contributed by atoms with Gasteiger partial charge in [0.15, 0.2) is 11.5 Å². The van der Waals surface area contributed by atoms with Crippen LogP contribution in [-0.2, 0) is 12.8 Å². The van der Waals surface area contributed by atoms with Gasteiger partial charge in [0.25, 0.3) is 5.91 Å². The van der Waals surface area contributed by atoms with Crippen molar-refractivity contribution in [1.82, 2.24) is 15.4 Å². The van der Waals surface area contributed by atoms with Crippen molar-refractivity contribution in [3.8, 4) is 11.3 Å². The van der Waals surface area contributed by atoms with E-state index < -0.39 is 0 Å². The Morgan fingerprint density at radius 3 is 2.71 bits per heavy atom. The van der Waals surface area contributed by atoms with Crippen LogP contribution in [-0.4, -0.2) is 35.6 Å². The molecule has 2 aromatic heterocycles. The van der Waals surface area contributed by atoms with Crippen molar-refractivity contribution in [2.45, 2.75) is 51.0 Å². The molecule has 3 heterocycles. The number of amides is 1. The number of aromatic nitrogens is 1. The first-order valence-electron chi connectivity index (χ1n) is 11.4. The lowest BCUT2D eigenvalue weighted by molar-refractivity contribution is 0.0917. The molecule has 1 fully saturated rings. The van der Waals surface area contributed by atoms with Crippen LogP contribution in [0.25, 0.3) is 11.3 Å². The summed E-state index contributed by atoms with van der Waals surface area (Å²) in [5, 5.41) is 9.27. The molecule has 1 aromatic carbocycles. The third kappa shape index (κ3) is 4.60. The number of hydrogen-bond donors (Lipinski definition) is 1. The van der Waals surface area contributed by atoms with Crippen LogP contribution in [0.2, 0.25) is 0 Å². The zero-order valence-corrected chi connectivity index (χ0v) is 18.6. The Bertz CT molecular complexity index is 1020. The van der Waals surface area contributed by atoms with E-state index in [0.29, 0.717) is 18.0 Å². The van der Waals surface area contributed by atoms with E-state index in [1.807, 2.05) is 0 Å². The maximum atomic E-state index is 12.8. The maximum Gasteiger partial charge on any atom is 0.273 e. The first-order valence-corrected chi connectivity index (χ1v) is 12.3. The standard InChI is InChI=1S/C25H29N3O2S/c29-25(26-17-22(24-9-6-14-31-24)28-12-4-1-5-13-28)21-16-23(30-27-21)20-11-10-18-7-2-3-8-19(18)15-20/h6,9-11,14-16,22H,1-5,7-8,12-13,17H2,(H,26,29)/t22-/m1/s1. The van der Waals surface area contributed by atoms with Crippen molar-refractivity contribution in [1.29, 1.82) is 0 Å². The molecule has 3 aromatic rings. The van der Waals surface area contributed by atoms with Crippen LogP contribution in [0.15, 0.2) is 46.3 Å². The molecule has 1 atom stereocenters. The van der Waals surface area contributed by atoms with Crippen molar-refractivity contribution in [3.63, 3.8) is 0 Å². The molecule has 0 radical (unpaired) electrons. The summed E-state index contributed by atoms with van der Waals surface area (Å²) in [5.74, 6) is 0.482. The second-order valence-electron chi connectivity index (χ2n) is 8.60. The minimum Gasteiger partial charge on any atom is -0.355 e. The first-order chi connectivity index (χ1) is 15.3. The second-order valence-corrected chi connectivity index (χ2v) is 9.58. The summed E-state index contributed by atoms with van der Waals surface area (Å²) < 4.78 is 5.54. The number of nitrogens with zero attached hydrogens (tertiary/aromatic N) is 2. The summed E-state index contributed by atoms with van der Waals surface area (Å²) in [4.78, 5) is 16.6. The van der Waals surface area contributed by atoms with Gasteiger partial charge in [-0.1, -0.05) is 29.8 Å². The average Bonchev–Trinajstić information content (AvgIpc) is 3.52. The van der Waals surface area contributed by atoms with Gasteiger partial charge in [0.1, 0.15) is 0 Å². The van der Waals surface area contributed by atoms with Crippen LogP contribution in [0.4, 0.5) is 0 Å². The van der Waals surface area contributed by atoms with E-state index in [0.717, 1.165) is 31.5 Å². The Labute approximate surface area is 187 Å². The molecule has 1 saturated heterocycles. The lowest BCUT2D eigenvalue weighted by Crippen LogP contribution is -2.40. The minimum absolute atomic E-state index is 0.175. The van der Waals surface area contributed by atoms with Crippen LogP contribution < -0.4 is 5.32 Å². The second kappa shape index (κ2) is 9.37. The van der Waals surface area contributed by atoms with E-state index in [-0.39, 0.29) is 11.9 Å². The van der Waals surface area contributed by atoms with Gasteiger partial charge in [-0.05, 0) is 80.3 Å². The Balaban J connectivity index is 1.27. The lowest BCUT2D eigenvalue weighted by Gasteiger charge is -2.34. The quantitative estimate of drug-likeness (QED) is 0.575. The fraction of sp³-hybridized carbons (Fsp3) is 0.440. The van der Waals surface area contributed by atoms with E-state index in [2.05, 4.69) is 51.1 Å². The topological polar surface area (TPSA) is 58.4 Å². The van der Waals surface area contributed by atoms with Crippen LogP contribution >= 0.6 is 11.3 Å². The van der Waals surface area contributed by atoms with E-state index in [4.69, 9.17) is 4.52 Å². The highest BCUT2D eigenvalue weighted by Gasteiger charge is 2.24. The van der Waals surface area contributed by atoms with Gasteiger partial charge >= 0.3 is 0 Å². The van der Waals surface area contributed by atoms with Gasteiger partial charge in [-0.15, -0.1) is 11.3 Å². The normalized spacial score (nSPS) is 17.8. The number of thiophene rings is 1. The Kier molecular flexibility index (Phi) is 6.18. The van der Waals surface area contributed by atoms with Crippen LogP contribution in [0.5, 0.6) is 0 Å². The van der Waals surface area contributed by atoms with Gasteiger partial charge in [-0.25, -0.2) is 0 Å². The lowest BCUT2D eigenvalue weighted by atomic mass is 9.90. The van der Waals surface area contributed by atoms with Crippen molar-refractivity contribution in [2.75, 3.05) is 19.6 Å². The number of carbonyl (C=O) groups excluding carboxylic acids is 1. The molecule has 5 nitrogen and oxygen atoms in total. The molecule has 6 heteroatoms. The van der Waals surface area contributed by atoms with Crippen molar-refractivity contribution in [3.05, 3.63) is 63.5 Å². The maximum absolute atomic E-state index is 12.8. The zero-order chi connectivity index (χ0) is 21.0. The van der Waals surface area contributed by atoms with Gasteiger partial charge in [-0.3, -0.25) is 9.69 Å². The summed E-state index contributed by atoms with van der Waals surface area (Å²) in [7, 11) is 0. The van der Waals surface area contributed by atoms with Crippen molar-refractivity contribution < 1.29 is 9.32 Å². The van der Waals surface area contributed by atoms with Crippen LogP contribution in [0.1, 0.15) is 64.6 Å². The zero-order valence-electron chi connectivity index (χ0n) is 17.8. The first kappa shape index (κ1) is 20.5. The number of aryl methyl sites for hydroxylation is 2. The Hall–Kier alpha value is -2.44. The van der Waals surface area contributed by atoms with Gasteiger partial charge < -0.3 is 9.84 Å². The molecule has 0 unspecified atom stereocenters. The highest BCUT2D eigenvalue weighted by atomic mass is 32.1. The molecule has 0 saturated carbocycles. The fourth-order valence-electron chi connectivity index (χ4n) is 4.81. The predicted octanol–water partition coefficient (Wildman–Crippen LogP) is 5.24. The summed E-state index contributed by atoms with van der Waals surface area (Å²) in [6, 6.07) is 12.7. The average molecular weight is 436 g/mol. The summed E-state index contributed by atoms with van der Waals surface area (Å²) in [6.45, 7) is 2.76. The largest absolute Gasteiger partial charge is 0.355 e. The number of hydrogen-bond acceptors (Lipinski definition) is 5. The van der Waals surface area contributed by atoms with E-state index >= 15 is 0 Å². The third-order valence-corrected chi connectivity index (χ3v) is 7.51. The number of likely N-dealkylation sites (tertiary alicyclic amines) is 1. The van der Waals surface area contributed by atoms with Gasteiger partial charge in [-0.2, -0.15) is 0 Å². The molecular formula is C25H29N3O2S. The fourth-order valence-corrected chi connectivity index (χ4v) is 5.67. The molecule has 0 bridgehead atoms. The molecule has 2 aliphatic rings. The predicted molar refractivity (Wildman–Crippen MR) is 123 cm³/mol. The summed E-state index contributed by atoms with van der Waals surface area (Å²) >= 11 is 1.76. The van der Waals surface area contributed by atoms with E-state index in [9.17, 15) is 4.79 Å². The number of benzene rings is 1. The van der Waals surface area contributed by atoms with Crippen LogP contribution in [0.3, 0.4) is 0 Å². The molecule has 1 aliphatic carbocycles. The van der Waals surface area contributed by atoms with Crippen molar-refractivity contribution >= 4 is 17.2 Å². The summed E-state index contributed by atoms with van der Waals surface area (Å²) in [6.07, 6.45) is 8.52. The molecule has 1 N–H and O–H groups in total. The number of rotatable bonds is 6. The number of piperidine rings is 1. The Morgan fingerprint density at radius 1 is 1.06 bits per heavy atom. The molecule has 5 rings (SSSR count). The number of nitrogens with one attached hydrogen (secondary N) is 1. The van der Waals surface area contributed by atoms with Gasteiger partial charge in [0.2, 0.25) is 0 Å². The van der Waals surface area contributed by atoms with Crippen LogP contribution in [0, 0.1) is 0 Å². The minimum atomic E-state index is -0.175. The molecule has 0 spiro atoms. The molecule has 1 amide bonds. The van der Waals surface area contributed by atoms with Crippen molar-refractivity contribution in [2.24, 2.45) is 0 Å². The highest BCUT2D eigenvalue weighted by Crippen LogP contribution is 2.29. The Morgan fingerprint density at radius 2 is 1.90 bits per heavy atom. The molecule has 31 heavy (non-hydrogen) atoms. The smallest absolute Gasteiger partial charge is 0.273 e. The SMILES string of the molecule is O=C(NC[C@H](c1cccs1)N1CCCCC1)c1cc(-c2ccc3c(c2)CCCC3)on1.